The van der Waals surface area contributed by atoms with Crippen LogP contribution in [-0.4, -0.2) is 24.8 Å². The van der Waals surface area contributed by atoms with E-state index in [9.17, 15) is 0 Å². The summed E-state index contributed by atoms with van der Waals surface area (Å²) in [4.78, 5) is 0. The molecule has 118 valence electrons. The van der Waals surface area contributed by atoms with Crippen LogP contribution in [0.3, 0.4) is 0 Å². The Labute approximate surface area is 126 Å². The minimum Gasteiger partial charge on any atom is -0.375 e. The molecule has 2 heteroatoms. The van der Waals surface area contributed by atoms with Crippen molar-refractivity contribution in [2.75, 3.05) is 6.54 Å². The molecular formula is C18H35NO. The SMILES string of the molecule is CCNC(C1CCC(C)C(C)C1)C1C(C)OC(C)C1C. The molecule has 0 bridgehead atoms. The average molecular weight is 281 g/mol. The number of hydrogen-bond donors (Lipinski definition) is 1. The monoisotopic (exact) mass is 281 g/mol. The van der Waals surface area contributed by atoms with Crippen LogP contribution in [0.5, 0.6) is 0 Å². The molecule has 1 aliphatic carbocycles. The molecule has 20 heavy (non-hydrogen) atoms. The molecule has 2 nitrogen and oxygen atoms in total. The van der Waals surface area contributed by atoms with Gasteiger partial charge in [0.05, 0.1) is 12.2 Å². The van der Waals surface area contributed by atoms with E-state index in [-0.39, 0.29) is 0 Å². The fourth-order valence-corrected chi connectivity index (χ4v) is 4.68. The molecule has 8 atom stereocenters. The Morgan fingerprint density at radius 3 is 2.20 bits per heavy atom. The summed E-state index contributed by atoms with van der Waals surface area (Å²) in [7, 11) is 0. The zero-order valence-corrected chi connectivity index (χ0v) is 14.4. The van der Waals surface area contributed by atoms with Crippen molar-refractivity contribution in [2.45, 2.75) is 79.1 Å². The van der Waals surface area contributed by atoms with Crippen LogP contribution in [0, 0.1) is 29.6 Å². The number of hydrogen-bond acceptors (Lipinski definition) is 2. The maximum absolute atomic E-state index is 6.11. The first-order valence-electron chi connectivity index (χ1n) is 8.84. The van der Waals surface area contributed by atoms with Gasteiger partial charge in [0.25, 0.3) is 0 Å². The van der Waals surface area contributed by atoms with Gasteiger partial charge in [-0.15, -0.1) is 0 Å². The normalized spacial score (nSPS) is 47.4. The summed E-state index contributed by atoms with van der Waals surface area (Å²) in [6, 6.07) is 0.643. The van der Waals surface area contributed by atoms with E-state index >= 15 is 0 Å². The first-order valence-corrected chi connectivity index (χ1v) is 8.84. The van der Waals surface area contributed by atoms with Crippen molar-refractivity contribution < 1.29 is 4.74 Å². The van der Waals surface area contributed by atoms with Gasteiger partial charge in [0, 0.05) is 12.0 Å². The zero-order valence-electron chi connectivity index (χ0n) is 14.4. The van der Waals surface area contributed by atoms with Gasteiger partial charge in [0.2, 0.25) is 0 Å². The molecule has 0 aromatic rings. The van der Waals surface area contributed by atoms with Crippen molar-refractivity contribution in [3.05, 3.63) is 0 Å². The Kier molecular flexibility index (Phi) is 5.53. The first-order chi connectivity index (χ1) is 9.45. The van der Waals surface area contributed by atoms with E-state index < -0.39 is 0 Å². The van der Waals surface area contributed by atoms with Gasteiger partial charge in [-0.05, 0) is 56.9 Å². The fourth-order valence-electron chi connectivity index (χ4n) is 4.68. The van der Waals surface area contributed by atoms with Crippen molar-refractivity contribution in [2.24, 2.45) is 29.6 Å². The smallest absolute Gasteiger partial charge is 0.0597 e. The maximum atomic E-state index is 6.11. The quantitative estimate of drug-likeness (QED) is 0.838. The van der Waals surface area contributed by atoms with Crippen molar-refractivity contribution in [1.29, 1.82) is 0 Å². The number of rotatable bonds is 4. The van der Waals surface area contributed by atoms with Crippen LogP contribution in [0.1, 0.15) is 60.8 Å². The highest BCUT2D eigenvalue weighted by Gasteiger charge is 2.44. The molecule has 0 radical (unpaired) electrons. The minimum atomic E-state index is 0.402. The predicted octanol–water partition coefficient (Wildman–Crippen LogP) is 4.10. The van der Waals surface area contributed by atoms with Gasteiger partial charge >= 0.3 is 0 Å². The Hall–Kier alpha value is -0.0800. The predicted molar refractivity (Wildman–Crippen MR) is 85.8 cm³/mol. The van der Waals surface area contributed by atoms with Crippen molar-refractivity contribution in [3.8, 4) is 0 Å². The van der Waals surface area contributed by atoms with Crippen molar-refractivity contribution in [1.82, 2.24) is 5.32 Å². The van der Waals surface area contributed by atoms with E-state index in [2.05, 4.69) is 46.9 Å². The van der Waals surface area contributed by atoms with Gasteiger partial charge in [-0.1, -0.05) is 34.1 Å². The number of ether oxygens (including phenoxy) is 1. The molecular weight excluding hydrogens is 246 g/mol. The van der Waals surface area contributed by atoms with Crippen LogP contribution < -0.4 is 5.32 Å². The minimum absolute atomic E-state index is 0.402. The lowest BCUT2D eigenvalue weighted by Crippen LogP contribution is -2.48. The summed E-state index contributed by atoms with van der Waals surface area (Å²) in [5, 5.41) is 3.83. The summed E-state index contributed by atoms with van der Waals surface area (Å²) in [6.45, 7) is 15.1. The molecule has 0 amide bonds. The van der Waals surface area contributed by atoms with Crippen molar-refractivity contribution in [3.63, 3.8) is 0 Å². The molecule has 1 saturated heterocycles. The van der Waals surface area contributed by atoms with Gasteiger partial charge in [0.15, 0.2) is 0 Å². The molecule has 8 unspecified atom stereocenters. The molecule has 0 spiro atoms. The first kappa shape index (κ1) is 16.3. The van der Waals surface area contributed by atoms with Crippen LogP contribution in [0.15, 0.2) is 0 Å². The van der Waals surface area contributed by atoms with Crippen LogP contribution >= 0.6 is 0 Å². The van der Waals surface area contributed by atoms with E-state index in [1.807, 2.05) is 0 Å². The summed E-state index contributed by atoms with van der Waals surface area (Å²) < 4.78 is 6.11. The van der Waals surface area contributed by atoms with Crippen LogP contribution in [0.25, 0.3) is 0 Å². The second kappa shape index (κ2) is 6.79. The Bertz CT molecular complexity index is 306. The van der Waals surface area contributed by atoms with Gasteiger partial charge in [-0.2, -0.15) is 0 Å². The van der Waals surface area contributed by atoms with E-state index in [1.165, 1.54) is 19.3 Å². The van der Waals surface area contributed by atoms with E-state index in [0.29, 0.717) is 30.1 Å². The third-order valence-electron chi connectivity index (χ3n) is 6.32. The summed E-state index contributed by atoms with van der Waals surface area (Å²) in [5.41, 5.74) is 0. The lowest BCUT2D eigenvalue weighted by atomic mass is 9.68. The fraction of sp³-hybridized carbons (Fsp3) is 1.00. The molecule has 0 aromatic heterocycles. The Balaban J connectivity index is 2.10. The van der Waals surface area contributed by atoms with Crippen LogP contribution in [-0.2, 0) is 4.74 Å². The Morgan fingerprint density at radius 2 is 1.70 bits per heavy atom. The van der Waals surface area contributed by atoms with E-state index in [1.54, 1.807) is 0 Å². The van der Waals surface area contributed by atoms with Crippen LogP contribution in [0.4, 0.5) is 0 Å². The van der Waals surface area contributed by atoms with Gasteiger partial charge in [-0.25, -0.2) is 0 Å². The molecule has 2 rings (SSSR count). The molecule has 1 aliphatic heterocycles. The van der Waals surface area contributed by atoms with Gasteiger partial charge in [0.1, 0.15) is 0 Å². The third-order valence-corrected chi connectivity index (χ3v) is 6.32. The van der Waals surface area contributed by atoms with E-state index in [4.69, 9.17) is 4.74 Å². The second-order valence-corrected chi connectivity index (χ2v) is 7.59. The second-order valence-electron chi connectivity index (χ2n) is 7.59. The topological polar surface area (TPSA) is 21.3 Å². The van der Waals surface area contributed by atoms with E-state index in [0.717, 1.165) is 24.3 Å². The molecule has 2 fully saturated rings. The highest BCUT2D eigenvalue weighted by molar-refractivity contribution is 4.96. The van der Waals surface area contributed by atoms with Gasteiger partial charge < -0.3 is 10.1 Å². The third kappa shape index (κ3) is 3.22. The summed E-state index contributed by atoms with van der Waals surface area (Å²) in [5.74, 6) is 3.96. The lowest BCUT2D eigenvalue weighted by Gasteiger charge is -2.41. The van der Waals surface area contributed by atoms with Crippen molar-refractivity contribution >= 4 is 0 Å². The molecule has 0 aromatic carbocycles. The molecule has 1 heterocycles. The van der Waals surface area contributed by atoms with Gasteiger partial charge in [-0.3, -0.25) is 0 Å². The highest BCUT2D eigenvalue weighted by atomic mass is 16.5. The standard InChI is InChI=1S/C18H35NO/c1-7-19-18(16-9-8-11(2)12(3)10-16)17-13(4)14(5)20-15(17)6/h11-19H,7-10H2,1-6H3. The molecule has 2 aliphatic rings. The summed E-state index contributed by atoms with van der Waals surface area (Å²) in [6.07, 6.45) is 5.01. The highest BCUT2D eigenvalue weighted by Crippen LogP contribution is 2.42. The number of nitrogens with one attached hydrogen (secondary N) is 1. The average Bonchev–Trinajstić information content (AvgIpc) is 2.65. The van der Waals surface area contributed by atoms with Crippen LogP contribution in [0.2, 0.25) is 0 Å². The lowest BCUT2D eigenvalue weighted by molar-refractivity contribution is 0.0401. The zero-order chi connectivity index (χ0) is 14.9. The largest absolute Gasteiger partial charge is 0.375 e. The molecule has 1 saturated carbocycles. The Morgan fingerprint density at radius 1 is 1.00 bits per heavy atom. The molecule has 1 N–H and O–H groups in total. The summed E-state index contributed by atoms with van der Waals surface area (Å²) >= 11 is 0. The maximum Gasteiger partial charge on any atom is 0.0597 e.